The maximum absolute atomic E-state index is 14.1. The van der Waals surface area contributed by atoms with Crippen molar-refractivity contribution in [2.24, 2.45) is 0 Å². The van der Waals surface area contributed by atoms with Crippen molar-refractivity contribution >= 4 is 33.4 Å². The first-order valence-electron chi connectivity index (χ1n) is 14.5. The Hall–Kier alpha value is -9.10. The van der Waals surface area contributed by atoms with Crippen LogP contribution < -0.4 is 4.74 Å². The second kappa shape index (κ2) is 13.6. The number of fused-ring (bicyclic) bond motifs is 2. The molecule has 0 N–H and O–H groups in total. The summed E-state index contributed by atoms with van der Waals surface area (Å²) in [5, 5.41) is 102. The van der Waals surface area contributed by atoms with Crippen molar-refractivity contribution < 1.29 is 31.1 Å². The quantitative estimate of drug-likeness (QED) is 0.187. The lowest BCUT2D eigenvalue weighted by atomic mass is 9.82. The maximum atomic E-state index is 14.1. The van der Waals surface area contributed by atoms with Gasteiger partial charge in [-0.05, 0) is 35.4 Å². The average molecular weight is 733 g/mol. The number of ether oxygens (including phenoxy) is 1. The molecule has 55 heavy (non-hydrogen) atoms. The molecule has 0 spiro atoms. The molecule has 0 unspecified atom stereocenters. The van der Waals surface area contributed by atoms with Gasteiger partial charge in [0.15, 0.2) is 0 Å². The van der Waals surface area contributed by atoms with Crippen LogP contribution in [0.5, 0.6) is 5.75 Å². The van der Waals surface area contributed by atoms with Crippen molar-refractivity contribution in [3.63, 3.8) is 0 Å². The SMILES string of the molecule is N#CC(C#N)=C1C(c2ccc(OC(F)(F)F)c(C#N)c2)=C(C#N)c2c(C#N)c3c(c(C#N)c21)C(=C(C#N)C#N)C(c1ccc(C#N)c(C(F)(F)F)c1)=C3C#N. The van der Waals surface area contributed by atoms with Gasteiger partial charge in [-0.1, -0.05) is 12.1 Å². The van der Waals surface area contributed by atoms with Gasteiger partial charge in [0.25, 0.3) is 0 Å². The maximum Gasteiger partial charge on any atom is 0.573 e. The molecule has 2 aliphatic carbocycles. The second-order valence-electron chi connectivity index (χ2n) is 10.9. The summed E-state index contributed by atoms with van der Waals surface area (Å²) < 4.78 is 85.5. The van der Waals surface area contributed by atoms with Crippen LogP contribution in [0.25, 0.3) is 33.4 Å². The van der Waals surface area contributed by atoms with Crippen molar-refractivity contribution in [2.45, 2.75) is 12.5 Å². The number of benzene rings is 3. The summed E-state index contributed by atoms with van der Waals surface area (Å²) in [4.78, 5) is 0. The minimum Gasteiger partial charge on any atom is -0.404 e. The van der Waals surface area contributed by atoms with E-state index >= 15 is 0 Å². The van der Waals surface area contributed by atoms with Gasteiger partial charge in [0.2, 0.25) is 0 Å². The minimum absolute atomic E-state index is 0.288. The van der Waals surface area contributed by atoms with Crippen molar-refractivity contribution in [1.82, 2.24) is 0 Å². The van der Waals surface area contributed by atoms with Crippen LogP contribution in [0.3, 0.4) is 0 Å². The summed E-state index contributed by atoms with van der Waals surface area (Å²) in [5.41, 5.74) is -12.4. The summed E-state index contributed by atoms with van der Waals surface area (Å²) in [6.45, 7) is 0. The molecule has 0 bridgehead atoms. The van der Waals surface area contributed by atoms with Crippen LogP contribution in [-0.4, -0.2) is 6.36 Å². The Morgan fingerprint density at radius 2 is 0.927 bits per heavy atom. The first kappa shape index (κ1) is 37.2. The highest BCUT2D eigenvalue weighted by Gasteiger charge is 2.44. The summed E-state index contributed by atoms with van der Waals surface area (Å²) >= 11 is 0. The molecule has 0 radical (unpaired) electrons. The molecule has 3 aromatic rings. The van der Waals surface area contributed by atoms with E-state index in [0.717, 1.165) is 24.3 Å². The highest BCUT2D eigenvalue weighted by molar-refractivity contribution is 6.32. The predicted octanol–water partition coefficient (Wildman–Crippen LogP) is 7.59. The van der Waals surface area contributed by atoms with E-state index in [1.54, 1.807) is 48.6 Å². The molecule has 0 saturated carbocycles. The lowest BCUT2D eigenvalue weighted by Gasteiger charge is -2.16. The number of rotatable bonds is 3. The predicted molar refractivity (Wildman–Crippen MR) is 171 cm³/mol. The number of hydrogen-bond acceptors (Lipinski definition) is 11. The van der Waals surface area contributed by atoms with Gasteiger partial charge in [-0.15, -0.1) is 13.2 Å². The highest BCUT2D eigenvalue weighted by Crippen LogP contribution is 2.58. The van der Waals surface area contributed by atoms with Crippen LogP contribution >= 0.6 is 0 Å². The van der Waals surface area contributed by atoms with Gasteiger partial charge in [0.1, 0.15) is 71.5 Å². The molecule has 5 rings (SSSR count). The van der Waals surface area contributed by atoms with Crippen LogP contribution in [0, 0.1) is 113 Å². The van der Waals surface area contributed by atoms with Crippen molar-refractivity contribution in [2.75, 3.05) is 0 Å². The fourth-order valence-corrected chi connectivity index (χ4v) is 6.32. The molecule has 0 fully saturated rings. The fourth-order valence-electron chi connectivity index (χ4n) is 6.32. The van der Waals surface area contributed by atoms with E-state index in [2.05, 4.69) is 4.74 Å². The summed E-state index contributed by atoms with van der Waals surface area (Å²) in [7, 11) is 0. The van der Waals surface area contributed by atoms with Crippen LogP contribution in [0.2, 0.25) is 0 Å². The molecule has 256 valence electrons. The summed E-state index contributed by atoms with van der Waals surface area (Å²) in [6.07, 6.45) is -10.4. The van der Waals surface area contributed by atoms with Gasteiger partial charge in [0, 0.05) is 44.5 Å². The Kier molecular flexibility index (Phi) is 9.16. The molecule has 17 heteroatoms. The lowest BCUT2D eigenvalue weighted by molar-refractivity contribution is -0.274. The van der Waals surface area contributed by atoms with E-state index in [1.165, 1.54) is 12.1 Å². The molecule has 0 aromatic heterocycles. The number of alkyl halides is 6. The van der Waals surface area contributed by atoms with Crippen molar-refractivity contribution in [1.29, 1.82) is 52.6 Å². The van der Waals surface area contributed by atoms with Crippen molar-refractivity contribution in [3.05, 3.63) is 109 Å². The second-order valence-corrected chi connectivity index (χ2v) is 10.9. The zero-order valence-corrected chi connectivity index (χ0v) is 26.6. The van der Waals surface area contributed by atoms with Gasteiger partial charge in [-0.3, -0.25) is 0 Å². The number of hydrogen-bond donors (Lipinski definition) is 0. The van der Waals surface area contributed by atoms with Crippen LogP contribution in [0.1, 0.15) is 61.2 Å². The standard InChI is InChI=1S/C38H6F6N10O/c39-37(40,41)27-6-18(1-2-19(27)7-45)30-24(14-52)34-25(15-53)33-23(13-51)29(17-3-4-28(20(5-17)8-46)55-38(42,43)44)31(21(9-47)10-48)35(33)26(16-54)36(34)32(30)22(11-49)12-50/h1-6H. The van der Waals surface area contributed by atoms with E-state index in [-0.39, 0.29) is 5.56 Å². The Bertz CT molecular complexity index is 2890. The molecule has 11 nitrogen and oxygen atoms in total. The third kappa shape index (κ3) is 5.75. The van der Waals surface area contributed by atoms with Gasteiger partial charge in [0.05, 0.1) is 45.0 Å². The van der Waals surface area contributed by atoms with Crippen molar-refractivity contribution in [3.8, 4) is 66.4 Å². The van der Waals surface area contributed by atoms with Crippen LogP contribution in [0.4, 0.5) is 26.3 Å². The van der Waals surface area contributed by atoms with Gasteiger partial charge in [-0.25, -0.2) is 0 Å². The minimum atomic E-state index is -5.24. The Morgan fingerprint density at radius 1 is 0.491 bits per heavy atom. The molecule has 0 saturated heterocycles. The third-order valence-corrected chi connectivity index (χ3v) is 8.24. The van der Waals surface area contributed by atoms with E-state index in [0.29, 0.717) is 12.1 Å². The monoisotopic (exact) mass is 732 g/mol. The summed E-state index contributed by atoms with van der Waals surface area (Å²) in [5.74, 6) is -0.975. The molecule has 0 amide bonds. The van der Waals surface area contributed by atoms with Gasteiger partial charge in [-0.2, -0.15) is 65.8 Å². The van der Waals surface area contributed by atoms with Crippen LogP contribution in [-0.2, 0) is 6.18 Å². The molecule has 3 aromatic carbocycles. The van der Waals surface area contributed by atoms with E-state index in [1.807, 2.05) is 0 Å². The molecular weight excluding hydrogens is 726 g/mol. The van der Waals surface area contributed by atoms with E-state index in [9.17, 15) is 79.0 Å². The lowest BCUT2D eigenvalue weighted by Crippen LogP contribution is -2.17. The number of nitriles is 10. The number of nitrogens with zero attached hydrogens (tertiary/aromatic N) is 10. The highest BCUT2D eigenvalue weighted by atomic mass is 19.4. The Morgan fingerprint density at radius 3 is 1.31 bits per heavy atom. The first-order chi connectivity index (χ1) is 26.1. The molecule has 2 aliphatic rings. The first-order valence-corrected chi connectivity index (χ1v) is 14.5. The smallest absolute Gasteiger partial charge is 0.404 e. The molecular formula is C38H6F6N10O. The number of halogens is 6. The molecule has 0 aliphatic heterocycles. The molecule has 0 heterocycles. The van der Waals surface area contributed by atoms with Gasteiger partial charge < -0.3 is 4.74 Å². The summed E-state index contributed by atoms with van der Waals surface area (Å²) in [6, 6.07) is 20.9. The van der Waals surface area contributed by atoms with Gasteiger partial charge >= 0.3 is 12.5 Å². The number of allylic oxidation sites excluding steroid dienone is 8. The average Bonchev–Trinajstić information content (AvgIpc) is 3.67. The topological polar surface area (TPSA) is 247 Å². The van der Waals surface area contributed by atoms with Crippen LogP contribution in [0.15, 0.2) is 47.5 Å². The zero-order valence-electron chi connectivity index (χ0n) is 26.6. The third-order valence-electron chi connectivity index (χ3n) is 8.24. The molecule has 0 atom stereocenters. The fraction of sp³-hybridized carbons (Fsp3) is 0.0526. The Labute approximate surface area is 304 Å². The normalized spacial score (nSPS) is 12.5. The largest absolute Gasteiger partial charge is 0.573 e. The Balaban J connectivity index is 2.06. The zero-order chi connectivity index (χ0) is 40.6. The van der Waals surface area contributed by atoms with E-state index < -0.39 is 119 Å². The van der Waals surface area contributed by atoms with E-state index in [4.69, 9.17) is 0 Å².